The second-order valence-electron chi connectivity index (χ2n) is 7.25. The number of sulfonamides is 1. The van der Waals surface area contributed by atoms with Gasteiger partial charge < -0.3 is 0 Å². The van der Waals surface area contributed by atoms with E-state index >= 15 is 0 Å². The summed E-state index contributed by atoms with van der Waals surface area (Å²) in [4.78, 5) is 1.89. The van der Waals surface area contributed by atoms with Crippen molar-refractivity contribution in [1.82, 2.24) is 0 Å². The molecule has 7 heteroatoms. The van der Waals surface area contributed by atoms with Gasteiger partial charge in [-0.1, -0.05) is 83.0 Å². The minimum atomic E-state index is -3.76. The highest BCUT2D eigenvalue weighted by atomic mass is 35.5. The molecule has 0 unspecified atom stereocenters. The van der Waals surface area contributed by atoms with E-state index in [9.17, 15) is 8.42 Å². The van der Waals surface area contributed by atoms with Crippen LogP contribution in [-0.2, 0) is 10.0 Å². The first-order chi connectivity index (χ1) is 14.7. The van der Waals surface area contributed by atoms with Crippen LogP contribution in [0.3, 0.4) is 0 Å². The lowest BCUT2D eigenvalue weighted by Crippen LogP contribution is -2.14. The third-order valence-electron chi connectivity index (χ3n) is 4.81. The first kappa shape index (κ1) is 22.0. The molecule has 0 amide bonds. The first-order valence-electron chi connectivity index (χ1n) is 9.49. The van der Waals surface area contributed by atoms with Gasteiger partial charge in [0.05, 0.1) is 20.6 Å². The van der Waals surface area contributed by atoms with Crippen LogP contribution in [0.15, 0.2) is 87.5 Å². The monoisotopic (exact) mass is 487 g/mol. The van der Waals surface area contributed by atoms with Gasteiger partial charge in [-0.15, -0.1) is 0 Å². The topological polar surface area (TPSA) is 46.2 Å². The van der Waals surface area contributed by atoms with Gasteiger partial charge in [0.1, 0.15) is 0 Å². The number of rotatable bonds is 5. The normalized spacial score (nSPS) is 11.6. The second-order valence-corrected chi connectivity index (χ2v) is 10.8. The van der Waals surface area contributed by atoms with Crippen molar-refractivity contribution in [2.75, 3.05) is 4.72 Å². The molecule has 158 valence electrons. The molecule has 0 fully saturated rings. The minimum Gasteiger partial charge on any atom is -0.280 e. The van der Waals surface area contributed by atoms with Gasteiger partial charge in [0.15, 0.2) is 0 Å². The summed E-state index contributed by atoms with van der Waals surface area (Å²) in [5, 5.41) is 3.03. The van der Waals surface area contributed by atoms with Crippen molar-refractivity contribution >= 4 is 61.4 Å². The van der Waals surface area contributed by atoms with Gasteiger partial charge in [0.25, 0.3) is 10.0 Å². The molecule has 4 aromatic carbocycles. The molecule has 0 spiro atoms. The van der Waals surface area contributed by atoms with Gasteiger partial charge in [-0.3, -0.25) is 4.72 Å². The molecule has 4 aromatic rings. The fourth-order valence-corrected chi connectivity index (χ4v) is 6.23. The van der Waals surface area contributed by atoms with Crippen LogP contribution >= 0.6 is 35.0 Å². The van der Waals surface area contributed by atoms with Crippen molar-refractivity contribution in [1.29, 1.82) is 0 Å². The Hall–Kier alpha value is -2.18. The molecule has 0 saturated heterocycles. The quantitative estimate of drug-likeness (QED) is 0.313. The highest BCUT2D eigenvalue weighted by Gasteiger charge is 2.19. The predicted molar refractivity (Wildman–Crippen MR) is 131 cm³/mol. The van der Waals surface area contributed by atoms with E-state index in [2.05, 4.69) is 16.9 Å². The Morgan fingerprint density at radius 1 is 0.806 bits per heavy atom. The molecule has 0 heterocycles. The van der Waals surface area contributed by atoms with Crippen LogP contribution in [0.25, 0.3) is 10.8 Å². The zero-order valence-electron chi connectivity index (χ0n) is 16.8. The van der Waals surface area contributed by atoms with Crippen molar-refractivity contribution in [3.63, 3.8) is 0 Å². The molecule has 1 N–H and O–H groups in total. The predicted octanol–water partition coefficient (Wildman–Crippen LogP) is 7.72. The van der Waals surface area contributed by atoms with Crippen molar-refractivity contribution in [2.24, 2.45) is 0 Å². The lowest BCUT2D eigenvalue weighted by Gasteiger charge is -2.14. The van der Waals surface area contributed by atoms with E-state index in [1.54, 1.807) is 31.2 Å². The van der Waals surface area contributed by atoms with Crippen LogP contribution in [0.4, 0.5) is 5.69 Å². The zero-order valence-corrected chi connectivity index (χ0v) is 20.0. The summed E-state index contributed by atoms with van der Waals surface area (Å²) in [6.45, 7) is 3.69. The van der Waals surface area contributed by atoms with E-state index in [1.165, 1.54) is 11.8 Å². The van der Waals surface area contributed by atoms with E-state index in [-0.39, 0.29) is 4.90 Å². The average molecular weight is 488 g/mol. The summed E-state index contributed by atoms with van der Waals surface area (Å²) in [5.41, 5.74) is 1.99. The van der Waals surface area contributed by atoms with E-state index in [4.69, 9.17) is 23.2 Å². The Labute approximate surface area is 196 Å². The molecule has 0 saturated carbocycles. The second kappa shape index (κ2) is 8.75. The van der Waals surface area contributed by atoms with Crippen LogP contribution in [0.1, 0.15) is 11.1 Å². The maximum atomic E-state index is 12.9. The number of nitrogens with one attached hydrogen (secondary N) is 1. The van der Waals surface area contributed by atoms with Gasteiger partial charge >= 0.3 is 0 Å². The van der Waals surface area contributed by atoms with E-state index in [0.717, 1.165) is 21.2 Å². The Bertz CT molecular complexity index is 1380. The molecule has 0 atom stereocenters. The number of aryl methyl sites for hydroxylation is 2. The van der Waals surface area contributed by atoms with Gasteiger partial charge in [0.2, 0.25) is 0 Å². The summed E-state index contributed by atoms with van der Waals surface area (Å²) in [6, 6.07) is 22.6. The van der Waals surface area contributed by atoms with Gasteiger partial charge in [-0.05, 0) is 60.5 Å². The standard InChI is InChI=1S/C24H19Cl2NO2S2/c1-15-7-10-23(16(2)11-15)31(28,29)27-19-13-21(25)24(22(26)14-19)30-20-9-8-17-5-3-4-6-18(17)12-20/h3-14,27H,1-2H3. The lowest BCUT2D eigenvalue weighted by molar-refractivity contribution is 0.600. The van der Waals surface area contributed by atoms with Crippen molar-refractivity contribution in [3.05, 3.63) is 94.0 Å². The maximum absolute atomic E-state index is 12.9. The molecule has 3 nitrogen and oxygen atoms in total. The molecule has 0 aliphatic carbocycles. The van der Waals surface area contributed by atoms with Crippen molar-refractivity contribution in [3.8, 4) is 0 Å². The zero-order chi connectivity index (χ0) is 22.2. The number of halogens is 2. The van der Waals surface area contributed by atoms with Crippen LogP contribution < -0.4 is 4.72 Å². The molecule has 0 aliphatic heterocycles. The van der Waals surface area contributed by atoms with Gasteiger partial charge in [-0.2, -0.15) is 0 Å². The maximum Gasteiger partial charge on any atom is 0.262 e. The third-order valence-corrected chi connectivity index (χ3v) is 8.31. The fourth-order valence-electron chi connectivity index (χ4n) is 3.38. The van der Waals surface area contributed by atoms with Gasteiger partial charge in [0, 0.05) is 9.79 Å². The number of fused-ring (bicyclic) bond motifs is 1. The Balaban J connectivity index is 1.62. The van der Waals surface area contributed by atoms with Crippen molar-refractivity contribution < 1.29 is 8.42 Å². The summed E-state index contributed by atoms with van der Waals surface area (Å²) in [6.07, 6.45) is 0. The SMILES string of the molecule is Cc1ccc(S(=O)(=O)Nc2cc(Cl)c(Sc3ccc4ccccc4c3)c(Cl)c2)c(C)c1. The number of hydrogen-bond acceptors (Lipinski definition) is 3. The van der Waals surface area contributed by atoms with Crippen LogP contribution in [0.5, 0.6) is 0 Å². The van der Waals surface area contributed by atoms with E-state index < -0.39 is 10.0 Å². The van der Waals surface area contributed by atoms with E-state index in [0.29, 0.717) is 26.2 Å². The number of anilines is 1. The Morgan fingerprint density at radius 2 is 1.48 bits per heavy atom. The highest BCUT2D eigenvalue weighted by molar-refractivity contribution is 7.99. The fraction of sp³-hybridized carbons (Fsp3) is 0.0833. The summed E-state index contributed by atoms with van der Waals surface area (Å²) >= 11 is 14.4. The average Bonchev–Trinajstić information content (AvgIpc) is 2.70. The molecule has 0 bridgehead atoms. The number of hydrogen-bond donors (Lipinski definition) is 1. The molecule has 4 rings (SSSR count). The summed E-state index contributed by atoms with van der Waals surface area (Å²) in [7, 11) is -3.76. The van der Waals surface area contributed by atoms with Crippen LogP contribution in [0.2, 0.25) is 10.0 Å². The third kappa shape index (κ3) is 4.85. The van der Waals surface area contributed by atoms with E-state index in [1.807, 2.05) is 43.3 Å². The van der Waals surface area contributed by atoms with Gasteiger partial charge in [-0.25, -0.2) is 8.42 Å². The minimum absolute atomic E-state index is 0.222. The Morgan fingerprint density at radius 3 is 2.16 bits per heavy atom. The lowest BCUT2D eigenvalue weighted by atomic mass is 10.1. The van der Waals surface area contributed by atoms with Crippen molar-refractivity contribution in [2.45, 2.75) is 28.5 Å². The molecule has 31 heavy (non-hydrogen) atoms. The molecule has 0 radical (unpaired) electrons. The molecular weight excluding hydrogens is 469 g/mol. The summed E-state index contributed by atoms with van der Waals surface area (Å²) < 4.78 is 28.3. The molecule has 0 aliphatic rings. The smallest absolute Gasteiger partial charge is 0.262 e. The van der Waals surface area contributed by atoms with Crippen LogP contribution in [-0.4, -0.2) is 8.42 Å². The largest absolute Gasteiger partial charge is 0.280 e. The Kier molecular flexibility index (Phi) is 6.22. The molecule has 0 aromatic heterocycles. The first-order valence-corrected chi connectivity index (χ1v) is 12.5. The molecular formula is C24H19Cl2NO2S2. The number of benzene rings is 4. The summed E-state index contributed by atoms with van der Waals surface area (Å²) in [5.74, 6) is 0. The van der Waals surface area contributed by atoms with Crippen LogP contribution in [0, 0.1) is 13.8 Å². The highest BCUT2D eigenvalue weighted by Crippen LogP contribution is 2.41.